The third kappa shape index (κ3) is 2.76. The second kappa shape index (κ2) is 5.31. The summed E-state index contributed by atoms with van der Waals surface area (Å²) in [6, 6.07) is 11.7. The molecule has 0 fully saturated rings. The molecule has 4 heteroatoms. The van der Waals surface area contributed by atoms with Crippen LogP contribution in [0.25, 0.3) is 0 Å². The van der Waals surface area contributed by atoms with Crippen LogP contribution in [0.2, 0.25) is 0 Å². The molecule has 0 aliphatic rings. The standard InChI is InChI=1S/C14H15BrN2O/c1-9-7-11(4-6-14(9)18-2)17-13-5-3-10(16)8-12(13)15/h3-8,17H,16H2,1-2H3. The van der Waals surface area contributed by atoms with Gasteiger partial charge in [-0.15, -0.1) is 0 Å². The minimum atomic E-state index is 0.735. The number of anilines is 3. The number of hydrogen-bond acceptors (Lipinski definition) is 3. The van der Waals surface area contributed by atoms with Crippen LogP contribution in [0.1, 0.15) is 5.56 Å². The first kappa shape index (κ1) is 12.8. The number of aryl methyl sites for hydroxylation is 1. The number of rotatable bonds is 3. The summed E-state index contributed by atoms with van der Waals surface area (Å²) in [5.41, 5.74) is 9.53. The van der Waals surface area contributed by atoms with Crippen LogP contribution >= 0.6 is 15.9 Å². The van der Waals surface area contributed by atoms with Crippen molar-refractivity contribution in [3.05, 3.63) is 46.4 Å². The molecule has 0 unspecified atom stereocenters. The molecule has 3 nitrogen and oxygen atoms in total. The Morgan fingerprint density at radius 2 is 1.94 bits per heavy atom. The van der Waals surface area contributed by atoms with Crippen molar-refractivity contribution in [2.45, 2.75) is 6.92 Å². The van der Waals surface area contributed by atoms with Crippen molar-refractivity contribution < 1.29 is 4.74 Å². The van der Waals surface area contributed by atoms with Crippen molar-refractivity contribution in [2.24, 2.45) is 0 Å². The largest absolute Gasteiger partial charge is 0.496 e. The number of methoxy groups -OCH3 is 1. The maximum absolute atomic E-state index is 5.71. The summed E-state index contributed by atoms with van der Waals surface area (Å²) in [4.78, 5) is 0. The average molecular weight is 307 g/mol. The van der Waals surface area contributed by atoms with Gasteiger partial charge < -0.3 is 15.8 Å². The molecule has 0 atom stereocenters. The van der Waals surface area contributed by atoms with Gasteiger partial charge in [0.05, 0.1) is 12.8 Å². The quantitative estimate of drug-likeness (QED) is 0.840. The molecule has 0 aliphatic heterocycles. The van der Waals surface area contributed by atoms with E-state index in [-0.39, 0.29) is 0 Å². The highest BCUT2D eigenvalue weighted by Crippen LogP contribution is 2.29. The Hall–Kier alpha value is -1.68. The van der Waals surface area contributed by atoms with Crippen molar-refractivity contribution in [1.82, 2.24) is 0 Å². The molecule has 18 heavy (non-hydrogen) atoms. The lowest BCUT2D eigenvalue weighted by molar-refractivity contribution is 0.412. The van der Waals surface area contributed by atoms with Gasteiger partial charge in [0.1, 0.15) is 5.75 Å². The first-order valence-corrected chi connectivity index (χ1v) is 6.36. The van der Waals surface area contributed by atoms with Crippen LogP contribution in [0.3, 0.4) is 0 Å². The van der Waals surface area contributed by atoms with Gasteiger partial charge >= 0.3 is 0 Å². The average Bonchev–Trinajstić information content (AvgIpc) is 2.33. The Labute approximate surface area is 115 Å². The Bertz CT molecular complexity index is 570. The van der Waals surface area contributed by atoms with E-state index in [2.05, 4.69) is 21.2 Å². The van der Waals surface area contributed by atoms with Gasteiger partial charge in [-0.2, -0.15) is 0 Å². The summed E-state index contributed by atoms with van der Waals surface area (Å²) in [5, 5.41) is 3.33. The minimum Gasteiger partial charge on any atom is -0.496 e. The molecule has 0 radical (unpaired) electrons. The molecule has 2 aromatic carbocycles. The molecule has 2 aromatic rings. The first-order chi connectivity index (χ1) is 8.60. The Morgan fingerprint density at radius 1 is 1.17 bits per heavy atom. The van der Waals surface area contributed by atoms with E-state index in [9.17, 15) is 0 Å². The number of nitrogens with two attached hydrogens (primary N) is 1. The minimum absolute atomic E-state index is 0.735. The SMILES string of the molecule is COc1ccc(Nc2ccc(N)cc2Br)cc1C. The lowest BCUT2D eigenvalue weighted by Crippen LogP contribution is -1.94. The Balaban J connectivity index is 2.26. The smallest absolute Gasteiger partial charge is 0.121 e. The lowest BCUT2D eigenvalue weighted by Gasteiger charge is -2.11. The summed E-state index contributed by atoms with van der Waals surface area (Å²) >= 11 is 3.48. The molecule has 3 N–H and O–H groups in total. The van der Waals surface area contributed by atoms with Crippen molar-refractivity contribution in [2.75, 3.05) is 18.2 Å². The topological polar surface area (TPSA) is 47.3 Å². The number of nitrogens with one attached hydrogen (secondary N) is 1. The van der Waals surface area contributed by atoms with Crippen molar-refractivity contribution >= 4 is 33.0 Å². The predicted octanol–water partition coefficient (Wildman–Crippen LogP) is 4.09. The van der Waals surface area contributed by atoms with Crippen LogP contribution in [0.15, 0.2) is 40.9 Å². The van der Waals surface area contributed by atoms with Crippen LogP contribution in [-0.4, -0.2) is 7.11 Å². The number of hydrogen-bond donors (Lipinski definition) is 2. The zero-order valence-corrected chi connectivity index (χ0v) is 11.9. The third-order valence-electron chi connectivity index (χ3n) is 2.67. The normalized spacial score (nSPS) is 10.2. The van der Waals surface area contributed by atoms with Crippen molar-refractivity contribution in [1.29, 1.82) is 0 Å². The van der Waals surface area contributed by atoms with Gasteiger partial charge in [-0.3, -0.25) is 0 Å². The molecule has 0 saturated heterocycles. The van der Waals surface area contributed by atoms with E-state index in [4.69, 9.17) is 10.5 Å². The monoisotopic (exact) mass is 306 g/mol. The maximum atomic E-state index is 5.71. The van der Waals surface area contributed by atoms with Gasteiger partial charge in [0.25, 0.3) is 0 Å². The van der Waals surface area contributed by atoms with Crippen LogP contribution < -0.4 is 15.8 Å². The summed E-state index contributed by atoms with van der Waals surface area (Å²) in [5.74, 6) is 0.886. The second-order valence-electron chi connectivity index (χ2n) is 4.05. The van der Waals surface area contributed by atoms with E-state index in [1.54, 1.807) is 7.11 Å². The Kier molecular flexibility index (Phi) is 3.77. The van der Waals surface area contributed by atoms with Gasteiger partial charge in [-0.25, -0.2) is 0 Å². The molecule has 0 aromatic heterocycles. The molecule has 0 saturated carbocycles. The number of halogens is 1. The van der Waals surface area contributed by atoms with Gasteiger partial charge in [-0.1, -0.05) is 0 Å². The predicted molar refractivity (Wildman–Crippen MR) is 79.6 cm³/mol. The van der Waals surface area contributed by atoms with E-state index in [0.717, 1.165) is 32.8 Å². The molecule has 94 valence electrons. The van der Waals surface area contributed by atoms with Crippen LogP contribution in [0.4, 0.5) is 17.1 Å². The highest BCUT2D eigenvalue weighted by atomic mass is 79.9. The third-order valence-corrected chi connectivity index (χ3v) is 3.32. The highest BCUT2D eigenvalue weighted by Gasteiger charge is 2.03. The fraction of sp³-hybridized carbons (Fsp3) is 0.143. The second-order valence-corrected chi connectivity index (χ2v) is 4.90. The molecule has 0 spiro atoms. The molecule has 0 bridgehead atoms. The van der Waals surface area contributed by atoms with E-state index in [0.29, 0.717) is 0 Å². The number of ether oxygens (including phenoxy) is 1. The number of benzene rings is 2. The molecule has 2 rings (SSSR count). The van der Waals surface area contributed by atoms with Crippen molar-refractivity contribution in [3.8, 4) is 5.75 Å². The first-order valence-electron chi connectivity index (χ1n) is 5.57. The molecule has 0 aliphatic carbocycles. The van der Waals surface area contributed by atoms with Gasteiger partial charge in [-0.05, 0) is 64.8 Å². The summed E-state index contributed by atoms with van der Waals surface area (Å²) in [6.07, 6.45) is 0. The highest BCUT2D eigenvalue weighted by molar-refractivity contribution is 9.10. The van der Waals surface area contributed by atoms with Crippen LogP contribution in [-0.2, 0) is 0 Å². The van der Waals surface area contributed by atoms with E-state index in [1.807, 2.05) is 43.3 Å². The van der Waals surface area contributed by atoms with Gasteiger partial charge in [0.15, 0.2) is 0 Å². The van der Waals surface area contributed by atoms with Gasteiger partial charge in [0, 0.05) is 15.8 Å². The summed E-state index contributed by atoms with van der Waals surface area (Å²) in [6.45, 7) is 2.02. The van der Waals surface area contributed by atoms with Crippen molar-refractivity contribution in [3.63, 3.8) is 0 Å². The van der Waals surface area contributed by atoms with E-state index in [1.165, 1.54) is 0 Å². The maximum Gasteiger partial charge on any atom is 0.121 e. The van der Waals surface area contributed by atoms with Crippen LogP contribution in [0, 0.1) is 6.92 Å². The molecule has 0 heterocycles. The fourth-order valence-electron chi connectivity index (χ4n) is 1.74. The van der Waals surface area contributed by atoms with E-state index < -0.39 is 0 Å². The lowest BCUT2D eigenvalue weighted by atomic mass is 10.2. The molecule has 0 amide bonds. The zero-order valence-electron chi connectivity index (χ0n) is 10.3. The van der Waals surface area contributed by atoms with E-state index >= 15 is 0 Å². The molecular formula is C14H15BrN2O. The van der Waals surface area contributed by atoms with Gasteiger partial charge in [0.2, 0.25) is 0 Å². The fourth-order valence-corrected chi connectivity index (χ4v) is 2.24. The molecular weight excluding hydrogens is 292 g/mol. The summed E-state index contributed by atoms with van der Waals surface area (Å²) < 4.78 is 6.18. The Morgan fingerprint density at radius 3 is 2.56 bits per heavy atom. The summed E-state index contributed by atoms with van der Waals surface area (Å²) in [7, 11) is 1.67. The van der Waals surface area contributed by atoms with Crippen LogP contribution in [0.5, 0.6) is 5.75 Å². The zero-order chi connectivity index (χ0) is 13.1. The number of nitrogen functional groups attached to an aromatic ring is 1.